The number of rotatable bonds is 10. The van der Waals surface area contributed by atoms with Gasteiger partial charge in [-0.1, -0.05) is 24.3 Å². The standard InChI is InChI=1S/C18H23BFN2O3/c1-22(13-21-19-24-2)10-14-7-8-18(16(9-14)11-23)25-12-15-5-3-4-6-17(15)20/h3-9,21,23H,10-13H2,1-2H3. The first kappa shape index (κ1) is 19.4. The highest BCUT2D eigenvalue weighted by atomic mass is 19.1. The number of nitrogens with zero attached hydrogens (tertiary/aromatic N) is 1. The van der Waals surface area contributed by atoms with Crippen LogP contribution in [0.5, 0.6) is 5.75 Å². The first-order chi connectivity index (χ1) is 12.1. The SMILES string of the molecule is CO[B]NCN(C)Cc1ccc(OCc2ccccc2F)c(CO)c1. The lowest BCUT2D eigenvalue weighted by molar-refractivity contribution is 0.256. The van der Waals surface area contributed by atoms with Crippen LogP contribution in [0, 0.1) is 5.82 Å². The maximum absolute atomic E-state index is 13.7. The van der Waals surface area contributed by atoms with Gasteiger partial charge in [0.05, 0.1) is 6.61 Å². The predicted octanol–water partition coefficient (Wildman–Crippen LogP) is 2.06. The van der Waals surface area contributed by atoms with E-state index in [1.54, 1.807) is 25.3 Å². The van der Waals surface area contributed by atoms with Gasteiger partial charge in [-0.2, -0.15) is 0 Å². The molecule has 2 aromatic carbocycles. The quantitative estimate of drug-likeness (QED) is 0.392. The minimum atomic E-state index is -0.299. The predicted molar refractivity (Wildman–Crippen MR) is 95.3 cm³/mol. The molecule has 0 amide bonds. The summed E-state index contributed by atoms with van der Waals surface area (Å²) in [7, 11) is 5.08. The van der Waals surface area contributed by atoms with Crippen LogP contribution in [0.25, 0.3) is 0 Å². The molecule has 0 unspecified atom stereocenters. The van der Waals surface area contributed by atoms with E-state index in [0.717, 1.165) is 5.56 Å². The van der Waals surface area contributed by atoms with Crippen LogP contribution >= 0.6 is 0 Å². The van der Waals surface area contributed by atoms with E-state index >= 15 is 0 Å². The summed E-state index contributed by atoms with van der Waals surface area (Å²) in [5, 5.41) is 12.6. The Kier molecular flexibility index (Phi) is 7.88. The summed E-state index contributed by atoms with van der Waals surface area (Å²) in [4.78, 5) is 2.06. The molecule has 7 heteroatoms. The van der Waals surface area contributed by atoms with Crippen molar-refractivity contribution in [2.45, 2.75) is 19.8 Å². The molecule has 5 nitrogen and oxygen atoms in total. The van der Waals surface area contributed by atoms with Crippen molar-refractivity contribution in [3.8, 4) is 5.75 Å². The molecule has 2 N–H and O–H groups in total. The third-order valence-corrected chi connectivity index (χ3v) is 3.65. The van der Waals surface area contributed by atoms with Crippen molar-refractivity contribution < 1.29 is 18.9 Å². The molecule has 0 aliphatic heterocycles. The first-order valence-electron chi connectivity index (χ1n) is 7.99. The molecular weight excluding hydrogens is 322 g/mol. The number of nitrogens with one attached hydrogen (secondary N) is 1. The molecule has 0 saturated carbocycles. The smallest absolute Gasteiger partial charge is 0.396 e. The van der Waals surface area contributed by atoms with Gasteiger partial charge >= 0.3 is 7.62 Å². The molecule has 2 aromatic rings. The number of benzene rings is 2. The number of ether oxygens (including phenoxy) is 1. The number of hydrogen-bond donors (Lipinski definition) is 2. The van der Waals surface area contributed by atoms with Crippen molar-refractivity contribution in [1.82, 2.24) is 10.1 Å². The van der Waals surface area contributed by atoms with Crippen molar-refractivity contribution >= 4 is 7.62 Å². The lowest BCUT2D eigenvalue weighted by Crippen LogP contribution is -2.33. The van der Waals surface area contributed by atoms with Gasteiger partial charge in [0.1, 0.15) is 18.2 Å². The highest BCUT2D eigenvalue weighted by molar-refractivity contribution is 6.23. The molecular formula is C18H23BFN2O3. The number of aliphatic hydroxyl groups is 1. The van der Waals surface area contributed by atoms with Crippen molar-refractivity contribution in [2.75, 3.05) is 20.8 Å². The molecule has 25 heavy (non-hydrogen) atoms. The van der Waals surface area contributed by atoms with Crippen LogP contribution in [0.4, 0.5) is 4.39 Å². The Morgan fingerprint density at radius 3 is 2.72 bits per heavy atom. The molecule has 0 aliphatic rings. The largest absolute Gasteiger partial charge is 0.488 e. The number of halogens is 1. The fraction of sp³-hybridized carbons (Fsp3) is 0.333. The molecule has 0 fully saturated rings. The van der Waals surface area contributed by atoms with Gasteiger partial charge in [0, 0.05) is 31.5 Å². The van der Waals surface area contributed by atoms with Crippen LogP contribution < -0.4 is 9.96 Å². The van der Waals surface area contributed by atoms with Crippen molar-refractivity contribution in [1.29, 1.82) is 0 Å². The minimum Gasteiger partial charge on any atom is -0.488 e. The van der Waals surface area contributed by atoms with E-state index in [1.165, 1.54) is 13.7 Å². The third-order valence-electron chi connectivity index (χ3n) is 3.65. The van der Waals surface area contributed by atoms with E-state index in [1.807, 2.05) is 25.2 Å². The molecule has 0 bridgehead atoms. The zero-order valence-electron chi connectivity index (χ0n) is 14.5. The Balaban J connectivity index is 1.97. The summed E-state index contributed by atoms with van der Waals surface area (Å²) in [5.74, 6) is 0.259. The Morgan fingerprint density at radius 2 is 2.00 bits per heavy atom. The summed E-state index contributed by atoms with van der Waals surface area (Å²) >= 11 is 0. The molecule has 0 aliphatic carbocycles. The summed E-state index contributed by atoms with van der Waals surface area (Å²) in [6, 6.07) is 12.1. The zero-order chi connectivity index (χ0) is 18.1. The second-order valence-electron chi connectivity index (χ2n) is 5.71. The second kappa shape index (κ2) is 10.2. The van der Waals surface area contributed by atoms with Crippen LogP contribution in [0.2, 0.25) is 0 Å². The van der Waals surface area contributed by atoms with Gasteiger partial charge in [-0.15, -0.1) is 0 Å². The van der Waals surface area contributed by atoms with Gasteiger partial charge < -0.3 is 19.7 Å². The fourth-order valence-electron chi connectivity index (χ4n) is 2.41. The van der Waals surface area contributed by atoms with Crippen molar-refractivity contribution in [3.05, 3.63) is 65.0 Å². The van der Waals surface area contributed by atoms with Crippen LogP contribution in [0.15, 0.2) is 42.5 Å². The summed E-state index contributed by atoms with van der Waals surface area (Å²) in [5.41, 5.74) is 2.21. The average molecular weight is 345 g/mol. The molecule has 2 rings (SSSR count). The van der Waals surface area contributed by atoms with Gasteiger partial charge in [-0.25, -0.2) is 4.39 Å². The van der Waals surface area contributed by atoms with E-state index in [4.69, 9.17) is 9.39 Å². The normalized spacial score (nSPS) is 10.9. The highest BCUT2D eigenvalue weighted by Gasteiger charge is 2.08. The Hall–Kier alpha value is -1.93. The van der Waals surface area contributed by atoms with Gasteiger partial charge in [0.15, 0.2) is 0 Å². The van der Waals surface area contributed by atoms with Gasteiger partial charge in [-0.3, -0.25) is 4.90 Å². The Morgan fingerprint density at radius 1 is 1.20 bits per heavy atom. The first-order valence-corrected chi connectivity index (χ1v) is 7.99. The third kappa shape index (κ3) is 6.14. The fourth-order valence-corrected chi connectivity index (χ4v) is 2.41. The molecule has 0 spiro atoms. The number of hydrogen-bond acceptors (Lipinski definition) is 5. The van der Waals surface area contributed by atoms with Crippen LogP contribution in [0.3, 0.4) is 0 Å². The van der Waals surface area contributed by atoms with E-state index in [2.05, 4.69) is 10.1 Å². The van der Waals surface area contributed by atoms with E-state index < -0.39 is 0 Å². The average Bonchev–Trinajstić information content (AvgIpc) is 2.62. The molecule has 133 valence electrons. The maximum Gasteiger partial charge on any atom is 0.396 e. The lowest BCUT2D eigenvalue weighted by Gasteiger charge is -2.18. The van der Waals surface area contributed by atoms with E-state index in [-0.39, 0.29) is 19.0 Å². The van der Waals surface area contributed by atoms with Gasteiger partial charge in [-0.05, 0) is 30.8 Å². The topological polar surface area (TPSA) is 54.0 Å². The van der Waals surface area contributed by atoms with Crippen LogP contribution in [-0.2, 0) is 24.4 Å². The molecule has 0 heterocycles. The minimum absolute atomic E-state index is 0.121. The Labute approximate surface area is 148 Å². The van der Waals surface area contributed by atoms with Gasteiger partial charge in [0.2, 0.25) is 0 Å². The highest BCUT2D eigenvalue weighted by Crippen LogP contribution is 2.22. The summed E-state index contributed by atoms with van der Waals surface area (Å²) < 4.78 is 24.2. The molecule has 0 atom stereocenters. The monoisotopic (exact) mass is 345 g/mol. The zero-order valence-corrected chi connectivity index (χ0v) is 14.5. The summed E-state index contributed by atoms with van der Waals surface area (Å²) in [6.45, 7) is 1.31. The molecule has 0 saturated heterocycles. The van der Waals surface area contributed by atoms with Crippen molar-refractivity contribution in [3.63, 3.8) is 0 Å². The Bertz CT molecular complexity index is 673. The van der Waals surface area contributed by atoms with Crippen LogP contribution in [-0.4, -0.2) is 38.4 Å². The lowest BCUT2D eigenvalue weighted by atomic mass is 10.1. The molecule has 0 aromatic heterocycles. The molecule has 1 radical (unpaired) electrons. The van der Waals surface area contributed by atoms with Crippen LogP contribution in [0.1, 0.15) is 16.7 Å². The van der Waals surface area contributed by atoms with E-state index in [0.29, 0.717) is 30.1 Å². The number of aliphatic hydroxyl groups excluding tert-OH is 1. The maximum atomic E-state index is 13.7. The second-order valence-corrected chi connectivity index (χ2v) is 5.71. The van der Waals surface area contributed by atoms with Crippen molar-refractivity contribution in [2.24, 2.45) is 0 Å². The summed E-state index contributed by atoms with van der Waals surface area (Å²) in [6.07, 6.45) is 0. The van der Waals surface area contributed by atoms with E-state index in [9.17, 15) is 9.50 Å². The van der Waals surface area contributed by atoms with Gasteiger partial charge in [0.25, 0.3) is 0 Å².